The fraction of sp³-hybridized carbons (Fsp3) is 0.368. The SMILES string of the molecule is CC1CCN(C(=O)c2cc(NCc3ccc(F)cc3)ccn2)CC1. The van der Waals surface area contributed by atoms with Crippen molar-refractivity contribution < 1.29 is 9.18 Å². The number of hydrogen-bond acceptors (Lipinski definition) is 3. The van der Waals surface area contributed by atoms with Gasteiger partial charge in [0.15, 0.2) is 0 Å². The topological polar surface area (TPSA) is 45.2 Å². The van der Waals surface area contributed by atoms with Gasteiger partial charge in [0.1, 0.15) is 11.5 Å². The van der Waals surface area contributed by atoms with Gasteiger partial charge in [-0.05, 0) is 48.6 Å². The lowest BCUT2D eigenvalue weighted by Gasteiger charge is -2.30. The predicted octanol–water partition coefficient (Wildman–Crippen LogP) is 3.70. The number of hydrogen-bond donors (Lipinski definition) is 1. The number of nitrogens with one attached hydrogen (secondary N) is 1. The van der Waals surface area contributed by atoms with Crippen molar-refractivity contribution in [2.45, 2.75) is 26.3 Å². The van der Waals surface area contributed by atoms with Gasteiger partial charge in [-0.3, -0.25) is 9.78 Å². The second-order valence-electron chi connectivity index (χ2n) is 6.38. The normalized spacial score (nSPS) is 15.3. The van der Waals surface area contributed by atoms with Crippen LogP contribution in [0.2, 0.25) is 0 Å². The molecule has 0 saturated carbocycles. The summed E-state index contributed by atoms with van der Waals surface area (Å²) < 4.78 is 12.9. The van der Waals surface area contributed by atoms with Gasteiger partial charge in [-0.25, -0.2) is 4.39 Å². The van der Waals surface area contributed by atoms with E-state index in [-0.39, 0.29) is 11.7 Å². The number of pyridine rings is 1. The molecule has 5 heteroatoms. The lowest BCUT2D eigenvalue weighted by Crippen LogP contribution is -2.38. The first-order valence-electron chi connectivity index (χ1n) is 8.35. The minimum Gasteiger partial charge on any atom is -0.381 e. The molecule has 0 radical (unpaired) electrons. The molecule has 2 aromatic rings. The zero-order valence-electron chi connectivity index (χ0n) is 13.8. The first kappa shape index (κ1) is 16.4. The third kappa shape index (κ3) is 4.10. The third-order valence-electron chi connectivity index (χ3n) is 4.46. The van der Waals surface area contributed by atoms with Gasteiger partial charge in [0.05, 0.1) is 0 Å². The Bertz CT molecular complexity index is 694. The summed E-state index contributed by atoms with van der Waals surface area (Å²) in [5.74, 6) is 0.435. The number of carbonyl (C=O) groups is 1. The molecule has 1 N–H and O–H groups in total. The molecule has 24 heavy (non-hydrogen) atoms. The Morgan fingerprint density at radius 3 is 2.67 bits per heavy atom. The number of nitrogens with zero attached hydrogens (tertiary/aromatic N) is 2. The molecule has 1 amide bonds. The molecule has 1 saturated heterocycles. The molecule has 0 unspecified atom stereocenters. The molecule has 3 rings (SSSR count). The average molecular weight is 327 g/mol. The zero-order valence-corrected chi connectivity index (χ0v) is 13.8. The summed E-state index contributed by atoms with van der Waals surface area (Å²) in [6.45, 7) is 4.39. The summed E-state index contributed by atoms with van der Waals surface area (Å²) in [4.78, 5) is 18.7. The first-order valence-corrected chi connectivity index (χ1v) is 8.35. The molecule has 2 heterocycles. The van der Waals surface area contributed by atoms with Crippen LogP contribution in [-0.4, -0.2) is 28.9 Å². The standard InChI is InChI=1S/C19H22FN3O/c1-14-7-10-23(11-8-14)19(24)18-12-17(6-9-21-18)22-13-15-2-4-16(20)5-3-15/h2-6,9,12,14H,7-8,10-11,13H2,1H3,(H,21,22). The van der Waals surface area contributed by atoms with Crippen LogP contribution < -0.4 is 5.32 Å². The van der Waals surface area contributed by atoms with Crippen LogP contribution in [0, 0.1) is 11.7 Å². The molecular formula is C19H22FN3O. The van der Waals surface area contributed by atoms with E-state index >= 15 is 0 Å². The van der Waals surface area contributed by atoms with Gasteiger partial charge >= 0.3 is 0 Å². The number of carbonyl (C=O) groups excluding carboxylic acids is 1. The number of anilines is 1. The average Bonchev–Trinajstić information content (AvgIpc) is 2.61. The number of likely N-dealkylation sites (tertiary alicyclic amines) is 1. The van der Waals surface area contributed by atoms with Gasteiger partial charge in [-0.2, -0.15) is 0 Å². The van der Waals surface area contributed by atoms with E-state index < -0.39 is 0 Å². The van der Waals surface area contributed by atoms with Crippen LogP contribution >= 0.6 is 0 Å². The Morgan fingerprint density at radius 1 is 1.25 bits per heavy atom. The van der Waals surface area contributed by atoms with Crippen LogP contribution in [0.15, 0.2) is 42.6 Å². The summed E-state index contributed by atoms with van der Waals surface area (Å²) >= 11 is 0. The van der Waals surface area contributed by atoms with Gasteiger partial charge in [-0.15, -0.1) is 0 Å². The number of aromatic nitrogens is 1. The summed E-state index contributed by atoms with van der Waals surface area (Å²) in [6, 6.07) is 9.98. The van der Waals surface area contributed by atoms with E-state index in [0.29, 0.717) is 18.2 Å². The van der Waals surface area contributed by atoms with E-state index in [1.807, 2.05) is 11.0 Å². The van der Waals surface area contributed by atoms with Crippen LogP contribution in [0.5, 0.6) is 0 Å². The maximum absolute atomic E-state index is 12.9. The molecule has 1 aromatic carbocycles. The molecule has 126 valence electrons. The van der Waals surface area contributed by atoms with Crippen LogP contribution in [0.3, 0.4) is 0 Å². The number of piperidine rings is 1. The van der Waals surface area contributed by atoms with Crippen molar-refractivity contribution >= 4 is 11.6 Å². The Balaban J connectivity index is 1.63. The Hall–Kier alpha value is -2.43. The number of amides is 1. The van der Waals surface area contributed by atoms with E-state index in [9.17, 15) is 9.18 Å². The van der Waals surface area contributed by atoms with Crippen molar-refractivity contribution in [1.82, 2.24) is 9.88 Å². The number of rotatable bonds is 4. The smallest absolute Gasteiger partial charge is 0.272 e. The monoisotopic (exact) mass is 327 g/mol. The van der Waals surface area contributed by atoms with Crippen molar-refractivity contribution in [2.75, 3.05) is 18.4 Å². The van der Waals surface area contributed by atoms with E-state index in [1.165, 1.54) is 12.1 Å². The highest BCUT2D eigenvalue weighted by Gasteiger charge is 2.22. The Kier molecular flexibility index (Phi) is 5.08. The van der Waals surface area contributed by atoms with Crippen LogP contribution in [0.4, 0.5) is 10.1 Å². The number of benzene rings is 1. The molecule has 0 aliphatic carbocycles. The van der Waals surface area contributed by atoms with E-state index in [4.69, 9.17) is 0 Å². The maximum Gasteiger partial charge on any atom is 0.272 e. The highest BCUT2D eigenvalue weighted by atomic mass is 19.1. The first-order chi connectivity index (χ1) is 11.6. The third-order valence-corrected chi connectivity index (χ3v) is 4.46. The number of halogens is 1. The van der Waals surface area contributed by atoms with Crippen molar-refractivity contribution in [3.63, 3.8) is 0 Å². The Morgan fingerprint density at radius 2 is 1.96 bits per heavy atom. The van der Waals surface area contributed by atoms with Crippen molar-refractivity contribution in [1.29, 1.82) is 0 Å². The van der Waals surface area contributed by atoms with Crippen molar-refractivity contribution in [3.8, 4) is 0 Å². The van der Waals surface area contributed by atoms with Crippen LogP contribution in [0.25, 0.3) is 0 Å². The second-order valence-corrected chi connectivity index (χ2v) is 6.38. The highest BCUT2D eigenvalue weighted by Crippen LogP contribution is 2.19. The van der Waals surface area contributed by atoms with Gasteiger partial charge < -0.3 is 10.2 Å². The predicted molar refractivity (Wildman–Crippen MR) is 92.3 cm³/mol. The lowest BCUT2D eigenvalue weighted by atomic mass is 9.99. The summed E-state index contributed by atoms with van der Waals surface area (Å²) in [7, 11) is 0. The minimum atomic E-state index is -0.244. The second kappa shape index (κ2) is 7.43. The van der Waals surface area contributed by atoms with Gasteiger partial charge in [0.25, 0.3) is 5.91 Å². The molecule has 0 bridgehead atoms. The molecule has 1 fully saturated rings. The fourth-order valence-corrected chi connectivity index (χ4v) is 2.84. The Labute approximate surface area is 141 Å². The highest BCUT2D eigenvalue weighted by molar-refractivity contribution is 5.93. The van der Waals surface area contributed by atoms with Crippen LogP contribution in [-0.2, 0) is 6.54 Å². The van der Waals surface area contributed by atoms with E-state index in [2.05, 4.69) is 17.2 Å². The molecule has 1 aliphatic rings. The summed E-state index contributed by atoms with van der Waals surface area (Å²) in [5.41, 5.74) is 2.28. The molecular weight excluding hydrogens is 305 g/mol. The maximum atomic E-state index is 12.9. The molecule has 4 nitrogen and oxygen atoms in total. The minimum absolute atomic E-state index is 0.00710. The molecule has 0 atom stereocenters. The zero-order chi connectivity index (χ0) is 16.9. The fourth-order valence-electron chi connectivity index (χ4n) is 2.84. The molecule has 1 aromatic heterocycles. The summed E-state index contributed by atoms with van der Waals surface area (Å²) in [5, 5.41) is 3.25. The molecule has 0 spiro atoms. The molecule has 1 aliphatic heterocycles. The lowest BCUT2D eigenvalue weighted by molar-refractivity contribution is 0.0691. The van der Waals surface area contributed by atoms with Gasteiger partial charge in [0, 0.05) is 31.5 Å². The quantitative estimate of drug-likeness (QED) is 0.931. The summed E-state index contributed by atoms with van der Waals surface area (Å²) in [6.07, 6.45) is 3.75. The van der Waals surface area contributed by atoms with Crippen molar-refractivity contribution in [3.05, 3.63) is 59.7 Å². The largest absolute Gasteiger partial charge is 0.381 e. The van der Waals surface area contributed by atoms with E-state index in [0.717, 1.165) is 37.2 Å². The van der Waals surface area contributed by atoms with Gasteiger partial charge in [-0.1, -0.05) is 19.1 Å². The van der Waals surface area contributed by atoms with Crippen molar-refractivity contribution in [2.24, 2.45) is 5.92 Å². The van der Waals surface area contributed by atoms with E-state index in [1.54, 1.807) is 24.4 Å². The van der Waals surface area contributed by atoms with Crippen LogP contribution in [0.1, 0.15) is 35.8 Å². The van der Waals surface area contributed by atoms with Gasteiger partial charge in [0.2, 0.25) is 0 Å².